The molecule has 0 aliphatic heterocycles. The smallest absolute Gasteiger partial charge is 0.408 e. The molecule has 0 radical (unpaired) electrons. The zero-order valence-electron chi connectivity index (χ0n) is 15.8. The Balaban J connectivity index is 0.000000130. The molecule has 0 aliphatic rings. The van der Waals surface area contributed by atoms with Crippen LogP contribution in [0.5, 0.6) is 0 Å². The molecule has 0 N–H and O–H groups in total. The van der Waals surface area contributed by atoms with Crippen molar-refractivity contribution in [2.75, 3.05) is 0 Å². The van der Waals surface area contributed by atoms with Crippen molar-refractivity contribution in [2.45, 2.75) is 13.0 Å². The summed E-state index contributed by atoms with van der Waals surface area (Å²) in [4.78, 5) is 12.4. The van der Waals surface area contributed by atoms with E-state index in [0.717, 1.165) is 29.6 Å². The minimum Gasteiger partial charge on any atom is -0.408 e. The molecule has 0 unspecified atom stereocenters. The zero-order chi connectivity index (χ0) is 20.9. The molecule has 0 saturated carbocycles. The summed E-state index contributed by atoms with van der Waals surface area (Å²) in [6, 6.07) is 23.9. The van der Waals surface area contributed by atoms with Crippen molar-refractivity contribution in [3.8, 4) is 0 Å². The van der Waals surface area contributed by atoms with Gasteiger partial charge in [0.15, 0.2) is 0 Å². The monoisotopic (exact) mass is 613 g/mol. The number of aromatic nitrogens is 3. The average Bonchev–Trinajstić information content (AvgIpc) is 3.41. The van der Waals surface area contributed by atoms with E-state index in [2.05, 4.69) is 15.0 Å². The van der Waals surface area contributed by atoms with Gasteiger partial charge in [-0.05, 0) is 45.3 Å². The van der Waals surface area contributed by atoms with E-state index in [-0.39, 0.29) is 25.8 Å². The molecule has 3 heterocycles. The SMILES string of the molecule is [In+3].[S-]c1nc2ccccc2s1.[S-]c1nc2ccccc2s1.[S-]c1nc2ccccc2s1. The van der Waals surface area contributed by atoms with Gasteiger partial charge in [-0.25, -0.2) is 0 Å². The van der Waals surface area contributed by atoms with Gasteiger partial charge in [0.2, 0.25) is 0 Å². The third-order valence-corrected chi connectivity index (χ3v) is 7.34. The van der Waals surface area contributed by atoms with E-state index in [0.29, 0.717) is 0 Å². The molecule has 10 heteroatoms. The van der Waals surface area contributed by atoms with E-state index in [9.17, 15) is 0 Å². The molecule has 3 aromatic carbocycles. The molecule has 0 spiro atoms. The van der Waals surface area contributed by atoms with E-state index < -0.39 is 0 Å². The van der Waals surface area contributed by atoms with E-state index in [1.54, 1.807) is 34.0 Å². The van der Waals surface area contributed by atoms with Crippen molar-refractivity contribution in [2.24, 2.45) is 0 Å². The van der Waals surface area contributed by atoms with E-state index in [1.807, 2.05) is 72.8 Å². The number of hydrogen-bond acceptors (Lipinski definition) is 9. The van der Waals surface area contributed by atoms with Crippen molar-refractivity contribution >= 4 is 128 Å². The van der Waals surface area contributed by atoms with Crippen LogP contribution < -0.4 is 0 Å². The summed E-state index contributed by atoms with van der Waals surface area (Å²) in [5, 5.41) is 0. The quantitative estimate of drug-likeness (QED) is 0.189. The Kier molecular flexibility index (Phi) is 9.20. The van der Waals surface area contributed by atoms with Gasteiger partial charge in [-0.1, -0.05) is 54.6 Å². The number of benzene rings is 3. The molecular formula is C21H12InN3S6. The predicted molar refractivity (Wildman–Crippen MR) is 142 cm³/mol. The molecule has 3 aromatic heterocycles. The van der Waals surface area contributed by atoms with Crippen molar-refractivity contribution in [1.82, 2.24) is 15.0 Å². The summed E-state index contributed by atoms with van der Waals surface area (Å²) in [6.45, 7) is 0. The van der Waals surface area contributed by atoms with Gasteiger partial charge in [0.1, 0.15) is 0 Å². The first kappa shape index (κ1) is 24.5. The van der Waals surface area contributed by atoms with E-state index in [1.165, 1.54) is 14.1 Å². The Morgan fingerprint density at radius 2 is 0.710 bits per heavy atom. The minimum atomic E-state index is 0. The predicted octanol–water partition coefficient (Wildman–Crippen LogP) is 6.23. The van der Waals surface area contributed by atoms with Gasteiger partial charge in [0, 0.05) is 0 Å². The number of nitrogens with zero attached hydrogens (tertiary/aromatic N) is 3. The Labute approximate surface area is 227 Å². The van der Waals surface area contributed by atoms with Gasteiger partial charge in [0.25, 0.3) is 0 Å². The number of hydrogen-bond donors (Lipinski definition) is 0. The third-order valence-electron chi connectivity index (χ3n) is 3.82. The molecule has 0 saturated heterocycles. The van der Waals surface area contributed by atoms with Gasteiger partial charge in [-0.2, -0.15) is 0 Å². The van der Waals surface area contributed by atoms with Gasteiger partial charge in [-0.3, -0.25) is 15.0 Å². The van der Waals surface area contributed by atoms with Crippen LogP contribution in [-0.4, -0.2) is 40.8 Å². The van der Waals surface area contributed by atoms with Crippen molar-refractivity contribution in [1.29, 1.82) is 0 Å². The summed E-state index contributed by atoms with van der Waals surface area (Å²) in [7, 11) is 0. The summed E-state index contributed by atoms with van der Waals surface area (Å²) in [5.74, 6) is 0. The summed E-state index contributed by atoms with van der Waals surface area (Å²) in [6.07, 6.45) is 0. The van der Waals surface area contributed by atoms with Crippen molar-refractivity contribution in [3.63, 3.8) is 0 Å². The number of fused-ring (bicyclic) bond motifs is 3. The molecule has 0 amide bonds. The maximum Gasteiger partial charge on any atom is 3.00 e. The molecule has 31 heavy (non-hydrogen) atoms. The van der Waals surface area contributed by atoms with E-state index >= 15 is 0 Å². The van der Waals surface area contributed by atoms with Gasteiger partial charge in [-0.15, -0.1) is 0 Å². The normalized spacial score (nSPS) is 10.1. The van der Waals surface area contributed by atoms with Crippen LogP contribution in [0.3, 0.4) is 0 Å². The first-order valence-electron chi connectivity index (χ1n) is 8.66. The fourth-order valence-electron chi connectivity index (χ4n) is 2.55. The first-order chi connectivity index (χ1) is 14.6. The Hall–Kier alpha value is -1.14. The van der Waals surface area contributed by atoms with E-state index in [4.69, 9.17) is 37.9 Å². The molecule has 3 nitrogen and oxygen atoms in total. The molecule has 6 rings (SSSR count). The first-order valence-corrected chi connectivity index (χ1v) is 12.3. The van der Waals surface area contributed by atoms with Crippen molar-refractivity contribution in [3.05, 3.63) is 72.8 Å². The van der Waals surface area contributed by atoms with Crippen LogP contribution in [0, 0.1) is 0 Å². The maximum absolute atomic E-state index is 4.92. The fraction of sp³-hybridized carbons (Fsp3) is 0. The topological polar surface area (TPSA) is 38.7 Å². The molecule has 0 aliphatic carbocycles. The summed E-state index contributed by atoms with van der Waals surface area (Å²) < 4.78 is 5.69. The molecule has 6 aromatic rings. The fourth-order valence-corrected chi connectivity index (χ4v) is 5.75. The van der Waals surface area contributed by atoms with Crippen LogP contribution in [0.2, 0.25) is 0 Å². The standard InChI is InChI=1S/3C7H5NS2.In/c3*9-7-8-5-3-1-2-4-6(5)10-7;/h3*1-4H,(H,8,9);/q;;;+3/p-3. The van der Waals surface area contributed by atoms with Crippen LogP contribution in [0.1, 0.15) is 0 Å². The molecule has 0 bridgehead atoms. The molecule has 150 valence electrons. The maximum atomic E-state index is 4.92. The molecular weight excluding hydrogens is 601 g/mol. The Morgan fingerprint density at radius 1 is 0.452 bits per heavy atom. The Bertz CT molecular complexity index is 1140. The number of thiazole rings is 3. The summed E-state index contributed by atoms with van der Waals surface area (Å²) in [5.41, 5.74) is 3.03. The molecule has 0 atom stereocenters. The second-order valence-corrected chi connectivity index (χ2v) is 10.9. The van der Waals surface area contributed by atoms with Crippen LogP contribution in [0.25, 0.3) is 30.6 Å². The second-order valence-electron chi connectivity index (χ2n) is 5.84. The third kappa shape index (κ3) is 6.67. The van der Waals surface area contributed by atoms with Crippen LogP contribution in [-0.2, 0) is 37.9 Å². The Morgan fingerprint density at radius 3 is 0.968 bits per heavy atom. The minimum absolute atomic E-state index is 0. The van der Waals surface area contributed by atoms with Crippen LogP contribution in [0.4, 0.5) is 0 Å². The van der Waals surface area contributed by atoms with Crippen LogP contribution in [0.15, 0.2) is 85.8 Å². The van der Waals surface area contributed by atoms with Gasteiger partial charge < -0.3 is 71.9 Å². The average molecular weight is 614 g/mol. The van der Waals surface area contributed by atoms with Gasteiger partial charge >= 0.3 is 25.8 Å². The van der Waals surface area contributed by atoms with Crippen molar-refractivity contribution < 1.29 is 0 Å². The van der Waals surface area contributed by atoms with Gasteiger partial charge in [0.05, 0.1) is 16.6 Å². The summed E-state index contributed by atoms with van der Waals surface area (Å²) >= 11 is 19.4. The number of para-hydroxylation sites is 3. The largest absolute Gasteiger partial charge is 3.00 e. The van der Waals surface area contributed by atoms with Crippen LogP contribution >= 0.6 is 34.0 Å². The second kappa shape index (κ2) is 11.6. The molecule has 0 fully saturated rings. The zero-order valence-corrected chi connectivity index (χ0v) is 24.0. The number of rotatable bonds is 0.